The van der Waals surface area contributed by atoms with Crippen molar-refractivity contribution in [1.82, 2.24) is 4.72 Å². The minimum absolute atomic E-state index is 0.482. The van der Waals surface area contributed by atoms with Gasteiger partial charge in [-0.25, -0.2) is 13.1 Å². The summed E-state index contributed by atoms with van der Waals surface area (Å²) in [5.41, 5.74) is 0.763. The van der Waals surface area contributed by atoms with Gasteiger partial charge in [-0.05, 0) is 31.5 Å². The standard InChI is InChI=1S/C11H14BrNO4S/c1-7(9-3-5-10(12)6-4-9)13-18(16,17)8(2)11(14)15/h3-8,13H,1-2H3,(H,14,15). The fourth-order valence-corrected chi connectivity index (χ4v) is 2.66. The summed E-state index contributed by atoms with van der Waals surface area (Å²) < 4.78 is 26.7. The molecule has 5 nitrogen and oxygen atoms in total. The van der Waals surface area contributed by atoms with Crippen molar-refractivity contribution in [3.05, 3.63) is 34.3 Å². The van der Waals surface area contributed by atoms with E-state index in [1.165, 1.54) is 0 Å². The quantitative estimate of drug-likeness (QED) is 0.860. The second-order valence-corrected chi connectivity index (χ2v) is 6.87. The number of rotatable bonds is 5. The summed E-state index contributed by atoms with van der Waals surface area (Å²) in [6.07, 6.45) is 0. The second kappa shape index (κ2) is 5.81. The molecule has 0 radical (unpaired) electrons. The third-order valence-electron chi connectivity index (χ3n) is 2.52. The number of carboxylic acid groups (broad SMARTS) is 1. The minimum Gasteiger partial charge on any atom is -0.480 e. The SMILES string of the molecule is CC(NS(=O)(=O)C(C)C(=O)O)c1ccc(Br)cc1. The molecule has 1 aromatic carbocycles. The highest BCUT2D eigenvalue weighted by Crippen LogP contribution is 2.18. The summed E-state index contributed by atoms with van der Waals surface area (Å²) >= 11 is 3.28. The van der Waals surface area contributed by atoms with Crippen LogP contribution in [-0.2, 0) is 14.8 Å². The Kier molecular flexibility index (Phi) is 4.89. The first kappa shape index (κ1) is 15.1. The molecule has 0 fully saturated rings. The van der Waals surface area contributed by atoms with Crippen LogP contribution in [0.4, 0.5) is 0 Å². The van der Waals surface area contributed by atoms with Gasteiger partial charge in [0, 0.05) is 10.5 Å². The molecule has 0 spiro atoms. The number of hydrogen-bond acceptors (Lipinski definition) is 3. The summed E-state index contributed by atoms with van der Waals surface area (Å²) in [5, 5.41) is 7.24. The number of aliphatic carboxylic acids is 1. The Hall–Kier alpha value is -0.920. The van der Waals surface area contributed by atoms with Gasteiger partial charge in [0.25, 0.3) is 0 Å². The topological polar surface area (TPSA) is 83.5 Å². The van der Waals surface area contributed by atoms with Gasteiger partial charge in [0.15, 0.2) is 5.25 Å². The van der Waals surface area contributed by atoms with Crippen LogP contribution in [0.15, 0.2) is 28.7 Å². The summed E-state index contributed by atoms with van der Waals surface area (Å²) in [5.74, 6) is -1.37. The maximum atomic E-state index is 11.7. The summed E-state index contributed by atoms with van der Waals surface area (Å²) in [6, 6.07) is 6.64. The first-order chi connectivity index (χ1) is 8.24. The average molecular weight is 336 g/mol. The van der Waals surface area contributed by atoms with Gasteiger partial charge in [-0.15, -0.1) is 0 Å². The molecule has 0 heterocycles. The highest BCUT2D eigenvalue weighted by Gasteiger charge is 2.29. The van der Waals surface area contributed by atoms with Crippen LogP contribution in [0.25, 0.3) is 0 Å². The molecule has 18 heavy (non-hydrogen) atoms. The van der Waals surface area contributed by atoms with Gasteiger partial charge in [0.05, 0.1) is 0 Å². The lowest BCUT2D eigenvalue weighted by Crippen LogP contribution is -2.38. The Balaban J connectivity index is 2.85. The molecule has 0 saturated heterocycles. The van der Waals surface area contributed by atoms with Crippen molar-refractivity contribution in [3.8, 4) is 0 Å². The normalized spacial score (nSPS) is 15.1. The van der Waals surface area contributed by atoms with Crippen LogP contribution in [0.1, 0.15) is 25.5 Å². The van der Waals surface area contributed by atoms with Crippen LogP contribution in [-0.4, -0.2) is 24.7 Å². The molecule has 2 atom stereocenters. The summed E-state index contributed by atoms with van der Waals surface area (Å²) in [6.45, 7) is 2.80. The van der Waals surface area contributed by atoms with E-state index in [1.54, 1.807) is 31.2 Å². The largest absolute Gasteiger partial charge is 0.480 e. The molecule has 0 saturated carbocycles. The van der Waals surface area contributed by atoms with Crippen LogP contribution in [0.3, 0.4) is 0 Å². The molecule has 0 aliphatic carbocycles. The number of halogens is 1. The van der Waals surface area contributed by atoms with E-state index >= 15 is 0 Å². The molecule has 0 aromatic heterocycles. The highest BCUT2D eigenvalue weighted by molar-refractivity contribution is 9.10. The second-order valence-electron chi connectivity index (χ2n) is 3.92. The molecule has 1 aromatic rings. The Morgan fingerprint density at radius 1 is 1.28 bits per heavy atom. The van der Waals surface area contributed by atoms with E-state index in [9.17, 15) is 13.2 Å². The van der Waals surface area contributed by atoms with Crippen molar-refractivity contribution in [2.75, 3.05) is 0 Å². The highest BCUT2D eigenvalue weighted by atomic mass is 79.9. The van der Waals surface area contributed by atoms with Crippen LogP contribution in [0.5, 0.6) is 0 Å². The third kappa shape index (κ3) is 3.79. The predicted octanol–water partition coefficient (Wildman–Crippen LogP) is 1.90. The molecule has 2 N–H and O–H groups in total. The van der Waals surface area contributed by atoms with Crippen molar-refractivity contribution in [2.45, 2.75) is 25.1 Å². The molecule has 0 bridgehead atoms. The number of sulfonamides is 1. The third-order valence-corrected chi connectivity index (χ3v) is 4.87. The van der Waals surface area contributed by atoms with Gasteiger partial charge < -0.3 is 5.11 Å². The van der Waals surface area contributed by atoms with Crippen molar-refractivity contribution in [3.63, 3.8) is 0 Å². The number of nitrogens with one attached hydrogen (secondary N) is 1. The Labute approximate surface area is 114 Å². The molecule has 100 valence electrons. The van der Waals surface area contributed by atoms with Crippen LogP contribution in [0.2, 0.25) is 0 Å². The van der Waals surface area contributed by atoms with E-state index < -0.39 is 27.3 Å². The van der Waals surface area contributed by atoms with E-state index in [2.05, 4.69) is 20.7 Å². The van der Waals surface area contributed by atoms with Gasteiger partial charge in [-0.2, -0.15) is 0 Å². The summed E-state index contributed by atoms with van der Waals surface area (Å²) in [7, 11) is -3.88. The van der Waals surface area contributed by atoms with Crippen molar-refractivity contribution >= 4 is 31.9 Å². The predicted molar refractivity (Wildman–Crippen MR) is 71.7 cm³/mol. The Morgan fingerprint density at radius 3 is 2.22 bits per heavy atom. The van der Waals surface area contributed by atoms with Gasteiger partial charge in [0.1, 0.15) is 0 Å². The van der Waals surface area contributed by atoms with E-state index in [1.807, 2.05) is 0 Å². The van der Waals surface area contributed by atoms with E-state index in [0.717, 1.165) is 17.0 Å². The minimum atomic E-state index is -3.88. The molecule has 2 unspecified atom stereocenters. The lowest BCUT2D eigenvalue weighted by Gasteiger charge is -2.16. The molecular weight excluding hydrogens is 322 g/mol. The van der Waals surface area contributed by atoms with E-state index in [-0.39, 0.29) is 0 Å². The van der Waals surface area contributed by atoms with E-state index in [0.29, 0.717) is 0 Å². The number of hydrogen-bond donors (Lipinski definition) is 2. The van der Waals surface area contributed by atoms with Crippen molar-refractivity contribution in [1.29, 1.82) is 0 Å². The molecule has 0 amide bonds. The lowest BCUT2D eigenvalue weighted by molar-refractivity contribution is -0.136. The van der Waals surface area contributed by atoms with Crippen LogP contribution < -0.4 is 4.72 Å². The van der Waals surface area contributed by atoms with Crippen molar-refractivity contribution < 1.29 is 18.3 Å². The monoisotopic (exact) mass is 335 g/mol. The zero-order valence-electron chi connectivity index (χ0n) is 9.92. The van der Waals surface area contributed by atoms with Gasteiger partial charge in [0.2, 0.25) is 10.0 Å². The lowest BCUT2D eigenvalue weighted by atomic mass is 10.1. The zero-order valence-corrected chi connectivity index (χ0v) is 12.3. The van der Waals surface area contributed by atoms with Crippen LogP contribution >= 0.6 is 15.9 Å². The maximum absolute atomic E-state index is 11.7. The molecule has 7 heteroatoms. The maximum Gasteiger partial charge on any atom is 0.323 e. The Bertz CT molecular complexity index is 526. The van der Waals surface area contributed by atoms with Gasteiger partial charge in [-0.3, -0.25) is 4.79 Å². The summed E-state index contributed by atoms with van der Waals surface area (Å²) in [4.78, 5) is 10.7. The smallest absolute Gasteiger partial charge is 0.323 e. The average Bonchev–Trinajstić information content (AvgIpc) is 2.28. The number of carboxylic acids is 1. The van der Waals surface area contributed by atoms with Crippen molar-refractivity contribution in [2.24, 2.45) is 0 Å². The molecular formula is C11H14BrNO4S. The van der Waals surface area contributed by atoms with Gasteiger partial charge in [-0.1, -0.05) is 28.1 Å². The van der Waals surface area contributed by atoms with Crippen LogP contribution in [0, 0.1) is 0 Å². The molecule has 1 rings (SSSR count). The first-order valence-electron chi connectivity index (χ1n) is 5.23. The fraction of sp³-hybridized carbons (Fsp3) is 0.364. The van der Waals surface area contributed by atoms with Gasteiger partial charge >= 0.3 is 5.97 Å². The fourth-order valence-electron chi connectivity index (χ4n) is 1.30. The molecule has 0 aliphatic heterocycles. The first-order valence-corrected chi connectivity index (χ1v) is 7.57. The molecule has 0 aliphatic rings. The van der Waals surface area contributed by atoms with E-state index in [4.69, 9.17) is 5.11 Å². The number of carbonyl (C=O) groups is 1. The number of benzene rings is 1. The Morgan fingerprint density at radius 2 is 1.78 bits per heavy atom. The zero-order chi connectivity index (χ0) is 13.9.